The molecule has 0 aliphatic heterocycles. The molecule has 0 saturated heterocycles. The standard InChI is InChI=1S/C12H18O3/c1-5-7-8-15-12(14)11(10(4)13)9(3)6-2/h5-7,9,11H,2,8H2,1,3-4H3. The highest BCUT2D eigenvalue weighted by atomic mass is 16.5. The molecule has 0 rings (SSSR count). The summed E-state index contributed by atoms with van der Waals surface area (Å²) in [6, 6.07) is 0. The molecule has 0 spiro atoms. The molecule has 84 valence electrons. The summed E-state index contributed by atoms with van der Waals surface area (Å²) in [4.78, 5) is 22.8. The van der Waals surface area contributed by atoms with E-state index in [1.165, 1.54) is 6.92 Å². The Labute approximate surface area is 90.8 Å². The summed E-state index contributed by atoms with van der Waals surface area (Å²) < 4.78 is 4.93. The maximum absolute atomic E-state index is 11.5. The maximum Gasteiger partial charge on any atom is 0.317 e. The molecule has 0 aromatic rings. The van der Waals surface area contributed by atoms with Gasteiger partial charge in [-0.3, -0.25) is 9.59 Å². The van der Waals surface area contributed by atoms with Crippen molar-refractivity contribution in [2.24, 2.45) is 11.8 Å². The van der Waals surface area contributed by atoms with Gasteiger partial charge >= 0.3 is 5.97 Å². The van der Waals surface area contributed by atoms with Gasteiger partial charge in [-0.25, -0.2) is 0 Å². The van der Waals surface area contributed by atoms with Crippen molar-refractivity contribution in [2.75, 3.05) is 6.61 Å². The first kappa shape index (κ1) is 13.6. The van der Waals surface area contributed by atoms with Gasteiger partial charge < -0.3 is 4.74 Å². The van der Waals surface area contributed by atoms with Crippen LogP contribution in [0, 0.1) is 11.8 Å². The molecule has 2 atom stereocenters. The van der Waals surface area contributed by atoms with Crippen molar-refractivity contribution in [1.82, 2.24) is 0 Å². The Bertz CT molecular complexity index is 266. The van der Waals surface area contributed by atoms with E-state index < -0.39 is 11.9 Å². The summed E-state index contributed by atoms with van der Waals surface area (Å²) >= 11 is 0. The molecule has 0 aliphatic carbocycles. The lowest BCUT2D eigenvalue weighted by atomic mass is 9.91. The van der Waals surface area contributed by atoms with Crippen LogP contribution in [0.15, 0.2) is 24.8 Å². The number of hydrogen-bond donors (Lipinski definition) is 0. The van der Waals surface area contributed by atoms with E-state index in [4.69, 9.17) is 4.74 Å². The summed E-state index contributed by atoms with van der Waals surface area (Å²) in [7, 11) is 0. The highest BCUT2D eigenvalue weighted by Gasteiger charge is 2.28. The Hall–Kier alpha value is -1.38. The fourth-order valence-electron chi connectivity index (χ4n) is 1.20. The molecule has 0 bridgehead atoms. The molecule has 3 nitrogen and oxygen atoms in total. The average molecular weight is 210 g/mol. The zero-order chi connectivity index (χ0) is 11.8. The van der Waals surface area contributed by atoms with Crippen molar-refractivity contribution < 1.29 is 14.3 Å². The second-order valence-corrected chi connectivity index (χ2v) is 3.38. The molecule has 2 unspecified atom stereocenters. The Balaban J connectivity index is 4.42. The minimum atomic E-state index is -0.729. The first-order valence-electron chi connectivity index (χ1n) is 4.95. The lowest BCUT2D eigenvalue weighted by Crippen LogP contribution is -2.29. The summed E-state index contributed by atoms with van der Waals surface area (Å²) in [6.07, 6.45) is 5.09. The van der Waals surface area contributed by atoms with Crippen molar-refractivity contribution in [2.45, 2.75) is 20.8 Å². The molecule has 0 N–H and O–H groups in total. The number of hydrogen-bond acceptors (Lipinski definition) is 3. The Kier molecular flexibility index (Phi) is 6.34. The number of carbonyl (C=O) groups excluding carboxylic acids is 2. The van der Waals surface area contributed by atoms with Crippen molar-refractivity contribution in [3.05, 3.63) is 24.8 Å². The SMILES string of the molecule is C=CC(C)C(C(C)=O)C(=O)OCC=CC. The van der Waals surface area contributed by atoms with Gasteiger partial charge in [-0.2, -0.15) is 0 Å². The van der Waals surface area contributed by atoms with E-state index in [0.29, 0.717) is 0 Å². The predicted molar refractivity (Wildman–Crippen MR) is 59.3 cm³/mol. The highest BCUT2D eigenvalue weighted by Crippen LogP contribution is 2.15. The second-order valence-electron chi connectivity index (χ2n) is 3.38. The minimum Gasteiger partial charge on any atom is -0.461 e. The van der Waals surface area contributed by atoms with Crippen LogP contribution in [0.1, 0.15) is 20.8 Å². The van der Waals surface area contributed by atoms with E-state index in [1.54, 1.807) is 25.2 Å². The monoisotopic (exact) mass is 210 g/mol. The van der Waals surface area contributed by atoms with Gasteiger partial charge in [0.2, 0.25) is 0 Å². The van der Waals surface area contributed by atoms with Gasteiger partial charge in [-0.1, -0.05) is 25.2 Å². The second kappa shape index (κ2) is 6.98. The van der Waals surface area contributed by atoms with Gasteiger partial charge in [0, 0.05) is 0 Å². The topological polar surface area (TPSA) is 43.4 Å². The lowest BCUT2D eigenvalue weighted by Gasteiger charge is -2.16. The Morgan fingerprint density at radius 3 is 2.47 bits per heavy atom. The average Bonchev–Trinajstić information content (AvgIpc) is 2.17. The fraction of sp³-hybridized carbons (Fsp3) is 0.500. The summed E-state index contributed by atoms with van der Waals surface area (Å²) in [5, 5.41) is 0. The summed E-state index contributed by atoms with van der Waals surface area (Å²) in [6.45, 7) is 8.78. The number of Topliss-reactive ketones (excluding diaryl/α,β-unsaturated/α-hetero) is 1. The highest BCUT2D eigenvalue weighted by molar-refractivity contribution is 5.98. The van der Waals surface area contributed by atoms with Gasteiger partial charge in [0.05, 0.1) is 0 Å². The number of esters is 1. The molecular formula is C12H18O3. The lowest BCUT2D eigenvalue weighted by molar-refractivity contribution is -0.151. The van der Waals surface area contributed by atoms with E-state index >= 15 is 0 Å². The van der Waals surface area contributed by atoms with Gasteiger partial charge in [0.15, 0.2) is 0 Å². The van der Waals surface area contributed by atoms with Crippen LogP contribution < -0.4 is 0 Å². The maximum atomic E-state index is 11.5. The van der Waals surface area contributed by atoms with E-state index in [-0.39, 0.29) is 18.3 Å². The van der Waals surface area contributed by atoms with Crippen LogP contribution in [-0.2, 0) is 14.3 Å². The van der Waals surface area contributed by atoms with Gasteiger partial charge in [0.1, 0.15) is 18.3 Å². The third-order valence-corrected chi connectivity index (χ3v) is 2.15. The fourth-order valence-corrected chi connectivity index (χ4v) is 1.20. The van der Waals surface area contributed by atoms with E-state index in [9.17, 15) is 9.59 Å². The molecule has 0 heterocycles. The van der Waals surface area contributed by atoms with Crippen molar-refractivity contribution >= 4 is 11.8 Å². The van der Waals surface area contributed by atoms with Gasteiger partial charge in [0.25, 0.3) is 0 Å². The van der Waals surface area contributed by atoms with Crippen molar-refractivity contribution in [1.29, 1.82) is 0 Å². The quantitative estimate of drug-likeness (QED) is 0.383. The number of ketones is 1. The van der Waals surface area contributed by atoms with Crippen LogP contribution >= 0.6 is 0 Å². The molecular weight excluding hydrogens is 192 g/mol. The van der Waals surface area contributed by atoms with Crippen molar-refractivity contribution in [3.8, 4) is 0 Å². The molecule has 0 radical (unpaired) electrons. The van der Waals surface area contributed by atoms with Crippen LogP contribution in [0.4, 0.5) is 0 Å². The van der Waals surface area contributed by atoms with E-state index in [1.807, 2.05) is 6.92 Å². The molecule has 3 heteroatoms. The molecule has 0 amide bonds. The smallest absolute Gasteiger partial charge is 0.317 e. The van der Waals surface area contributed by atoms with E-state index in [0.717, 1.165) is 0 Å². The number of allylic oxidation sites excluding steroid dienone is 2. The number of carbonyl (C=O) groups is 2. The normalized spacial score (nSPS) is 14.6. The van der Waals surface area contributed by atoms with Gasteiger partial charge in [-0.05, 0) is 19.8 Å². The van der Waals surface area contributed by atoms with Crippen LogP contribution in [0.5, 0.6) is 0 Å². The third-order valence-electron chi connectivity index (χ3n) is 2.15. The predicted octanol–water partition coefficient (Wildman–Crippen LogP) is 2.13. The zero-order valence-corrected chi connectivity index (χ0v) is 9.53. The zero-order valence-electron chi connectivity index (χ0n) is 9.53. The molecule has 0 saturated carbocycles. The Morgan fingerprint density at radius 1 is 1.47 bits per heavy atom. The molecule has 15 heavy (non-hydrogen) atoms. The summed E-state index contributed by atoms with van der Waals surface area (Å²) in [5.41, 5.74) is 0. The molecule has 0 aromatic heterocycles. The van der Waals surface area contributed by atoms with Crippen LogP contribution in [0.3, 0.4) is 0 Å². The molecule has 0 aromatic carbocycles. The van der Waals surface area contributed by atoms with Crippen LogP contribution in [0.25, 0.3) is 0 Å². The Morgan fingerprint density at radius 2 is 2.07 bits per heavy atom. The minimum absolute atomic E-state index is 0.187. The van der Waals surface area contributed by atoms with E-state index in [2.05, 4.69) is 6.58 Å². The first-order chi connectivity index (χ1) is 7.04. The van der Waals surface area contributed by atoms with Crippen LogP contribution in [0.2, 0.25) is 0 Å². The van der Waals surface area contributed by atoms with Gasteiger partial charge in [-0.15, -0.1) is 6.58 Å². The number of ether oxygens (including phenoxy) is 1. The van der Waals surface area contributed by atoms with Crippen molar-refractivity contribution in [3.63, 3.8) is 0 Å². The van der Waals surface area contributed by atoms with Crippen LogP contribution in [-0.4, -0.2) is 18.4 Å². The molecule has 0 aliphatic rings. The first-order valence-corrected chi connectivity index (χ1v) is 4.95. The molecule has 0 fully saturated rings. The number of rotatable bonds is 6. The summed E-state index contributed by atoms with van der Waals surface area (Å²) in [5.74, 6) is -1.59. The largest absolute Gasteiger partial charge is 0.461 e. The third kappa shape index (κ3) is 4.58.